The van der Waals surface area contributed by atoms with Crippen molar-refractivity contribution in [1.82, 2.24) is 19.9 Å². The van der Waals surface area contributed by atoms with E-state index in [0.29, 0.717) is 5.82 Å². The van der Waals surface area contributed by atoms with Gasteiger partial charge in [-0.25, -0.2) is 9.97 Å². The van der Waals surface area contributed by atoms with Crippen molar-refractivity contribution in [2.24, 2.45) is 0 Å². The van der Waals surface area contributed by atoms with E-state index in [1.165, 1.54) is 11.1 Å². The molecule has 0 unspecified atom stereocenters. The monoisotopic (exact) mass is 590 g/mol. The van der Waals surface area contributed by atoms with Gasteiger partial charge in [-0.1, -0.05) is 121 Å². The smallest absolute Gasteiger partial charge is 0.160 e. The predicted molar refractivity (Wildman–Crippen MR) is 189 cm³/mol. The molecule has 8 rings (SSSR count). The largest absolute Gasteiger partial charge is 0.251 e. The van der Waals surface area contributed by atoms with E-state index in [-0.39, 0.29) is 0 Å². The van der Waals surface area contributed by atoms with Crippen molar-refractivity contribution < 1.29 is 0 Å². The van der Waals surface area contributed by atoms with Gasteiger partial charge in [0.25, 0.3) is 0 Å². The first-order chi connectivity index (χ1) is 22.6. The number of hydrogen-bond acceptors (Lipinski definition) is 4. The molecule has 0 bridgehead atoms. The normalized spacial score (nSPS) is 11.3. The lowest BCUT2D eigenvalue weighted by Crippen LogP contribution is -1.96. The van der Waals surface area contributed by atoms with Gasteiger partial charge in [-0.3, -0.25) is 9.97 Å². The Kier molecular flexibility index (Phi) is 6.88. The van der Waals surface area contributed by atoms with Gasteiger partial charge in [-0.2, -0.15) is 0 Å². The molecule has 46 heavy (non-hydrogen) atoms. The van der Waals surface area contributed by atoms with Crippen LogP contribution in [-0.4, -0.2) is 19.9 Å². The van der Waals surface area contributed by atoms with Gasteiger partial charge in [0.15, 0.2) is 5.82 Å². The quantitative estimate of drug-likeness (QED) is 0.187. The number of rotatable bonds is 5. The van der Waals surface area contributed by atoms with Crippen LogP contribution in [0.3, 0.4) is 0 Å². The Morgan fingerprint density at radius 1 is 0.370 bits per heavy atom. The molecule has 0 aliphatic rings. The van der Waals surface area contributed by atoms with Gasteiger partial charge in [0, 0.05) is 38.9 Å². The second-order valence-corrected chi connectivity index (χ2v) is 11.6. The number of hydrogen-bond donors (Lipinski definition) is 0. The number of nitrogens with zero attached hydrogens (tertiary/aromatic N) is 4. The van der Waals surface area contributed by atoms with Crippen LogP contribution in [0.4, 0.5) is 0 Å². The van der Waals surface area contributed by atoms with E-state index >= 15 is 0 Å². The number of pyridine rings is 2. The fourth-order valence-electron chi connectivity index (χ4n) is 6.11. The summed E-state index contributed by atoms with van der Waals surface area (Å²) in [6, 6.07) is 50.6. The summed E-state index contributed by atoms with van der Waals surface area (Å²) >= 11 is 0. The number of benzene rings is 5. The minimum atomic E-state index is 0.698. The molecule has 0 aliphatic heterocycles. The molecule has 3 aromatic heterocycles. The molecule has 0 saturated carbocycles. The molecular formula is C42H30N4. The van der Waals surface area contributed by atoms with Crippen LogP contribution in [0.2, 0.25) is 0 Å². The summed E-state index contributed by atoms with van der Waals surface area (Å²) in [7, 11) is 0. The first kappa shape index (κ1) is 27.5. The molecule has 0 amide bonds. The Labute approximate surface area is 268 Å². The van der Waals surface area contributed by atoms with Crippen molar-refractivity contribution in [2.75, 3.05) is 0 Å². The van der Waals surface area contributed by atoms with Gasteiger partial charge >= 0.3 is 0 Å². The van der Waals surface area contributed by atoms with E-state index in [1.807, 2.05) is 44.2 Å². The van der Waals surface area contributed by atoms with Crippen molar-refractivity contribution in [3.8, 4) is 56.2 Å². The van der Waals surface area contributed by atoms with Crippen LogP contribution in [-0.2, 0) is 0 Å². The van der Waals surface area contributed by atoms with Gasteiger partial charge in [-0.05, 0) is 60.4 Å². The van der Waals surface area contributed by atoms with Crippen LogP contribution in [0, 0.1) is 13.8 Å². The van der Waals surface area contributed by atoms with Crippen molar-refractivity contribution in [3.05, 3.63) is 157 Å². The molecule has 218 valence electrons. The zero-order valence-electron chi connectivity index (χ0n) is 25.6. The molecule has 0 radical (unpaired) electrons. The minimum absolute atomic E-state index is 0.698. The van der Waals surface area contributed by atoms with E-state index in [4.69, 9.17) is 19.9 Å². The fourth-order valence-corrected chi connectivity index (χ4v) is 6.11. The maximum atomic E-state index is 5.10. The molecular weight excluding hydrogens is 560 g/mol. The van der Waals surface area contributed by atoms with Crippen LogP contribution in [0.25, 0.3) is 78.0 Å². The van der Waals surface area contributed by atoms with Crippen LogP contribution in [0.5, 0.6) is 0 Å². The summed E-state index contributed by atoms with van der Waals surface area (Å²) in [4.78, 5) is 20.0. The predicted octanol–water partition coefficient (Wildman–Crippen LogP) is 10.5. The van der Waals surface area contributed by atoms with E-state index in [0.717, 1.165) is 72.4 Å². The van der Waals surface area contributed by atoms with Crippen LogP contribution in [0.15, 0.2) is 146 Å². The molecule has 0 fully saturated rings. The summed E-state index contributed by atoms with van der Waals surface area (Å²) in [5.74, 6) is 0.698. The molecule has 0 aliphatic carbocycles. The fraction of sp³-hybridized carbons (Fsp3) is 0.0476. The third kappa shape index (κ3) is 5.20. The summed E-state index contributed by atoms with van der Waals surface area (Å²) in [5.41, 5.74) is 13.2. The molecule has 5 aromatic carbocycles. The summed E-state index contributed by atoms with van der Waals surface area (Å²) in [6.45, 7) is 4.07. The standard InChI is InChI=1S/C42H30N4/c1-27-16-17-32-22-23-36-37(24-28(2)44-41(36)40(32)43-27)34-14-9-15-35(25-34)39-26-38(45-42(46-39)33-12-7-4-8-13-33)31-20-18-30(19-21-31)29-10-5-3-6-11-29/h3-26H,1-2H3. The molecule has 3 heterocycles. The SMILES string of the molecule is Cc1ccc2ccc3c(-c4cccc(-c5cc(-c6ccc(-c7ccccc7)cc6)nc(-c6ccccc6)n5)c4)cc(C)nc3c2n1. The average molecular weight is 591 g/mol. The van der Waals surface area contributed by atoms with Gasteiger partial charge in [0.1, 0.15) is 0 Å². The van der Waals surface area contributed by atoms with Gasteiger partial charge in [0.05, 0.1) is 22.4 Å². The van der Waals surface area contributed by atoms with Gasteiger partial charge < -0.3 is 0 Å². The minimum Gasteiger partial charge on any atom is -0.251 e. The Bertz CT molecular complexity index is 2360. The lowest BCUT2D eigenvalue weighted by atomic mass is 9.96. The molecule has 4 heteroatoms. The number of aromatic nitrogens is 4. The maximum Gasteiger partial charge on any atom is 0.160 e. The Morgan fingerprint density at radius 2 is 0.957 bits per heavy atom. The molecule has 0 spiro atoms. The van der Waals surface area contributed by atoms with Crippen molar-refractivity contribution in [3.63, 3.8) is 0 Å². The second kappa shape index (κ2) is 11.5. The highest BCUT2D eigenvalue weighted by Gasteiger charge is 2.14. The van der Waals surface area contributed by atoms with Crippen molar-refractivity contribution >= 4 is 21.8 Å². The summed E-state index contributed by atoms with van der Waals surface area (Å²) in [6.07, 6.45) is 0. The van der Waals surface area contributed by atoms with Crippen LogP contribution in [0.1, 0.15) is 11.4 Å². The Balaban J connectivity index is 1.26. The zero-order valence-corrected chi connectivity index (χ0v) is 25.6. The lowest BCUT2D eigenvalue weighted by molar-refractivity contribution is 1.18. The third-order valence-electron chi connectivity index (χ3n) is 8.42. The molecule has 0 atom stereocenters. The van der Waals surface area contributed by atoms with E-state index < -0.39 is 0 Å². The van der Waals surface area contributed by atoms with Crippen molar-refractivity contribution in [2.45, 2.75) is 13.8 Å². The number of aryl methyl sites for hydroxylation is 2. The Morgan fingerprint density at radius 3 is 1.72 bits per heavy atom. The first-order valence-electron chi connectivity index (χ1n) is 15.5. The molecule has 0 saturated heterocycles. The molecule has 0 N–H and O–H groups in total. The van der Waals surface area contributed by atoms with Crippen LogP contribution >= 0.6 is 0 Å². The van der Waals surface area contributed by atoms with Gasteiger partial charge in [0.2, 0.25) is 0 Å². The third-order valence-corrected chi connectivity index (χ3v) is 8.42. The Hall–Kier alpha value is -6.00. The topological polar surface area (TPSA) is 51.6 Å². The maximum absolute atomic E-state index is 5.10. The highest BCUT2D eigenvalue weighted by molar-refractivity contribution is 6.08. The first-order valence-corrected chi connectivity index (χ1v) is 15.5. The van der Waals surface area contributed by atoms with Gasteiger partial charge in [-0.15, -0.1) is 0 Å². The lowest BCUT2D eigenvalue weighted by Gasteiger charge is -2.13. The highest BCUT2D eigenvalue weighted by atomic mass is 14.9. The van der Waals surface area contributed by atoms with E-state index in [9.17, 15) is 0 Å². The zero-order chi connectivity index (χ0) is 31.0. The van der Waals surface area contributed by atoms with E-state index in [1.54, 1.807) is 0 Å². The average Bonchev–Trinajstić information content (AvgIpc) is 3.12. The van der Waals surface area contributed by atoms with Crippen LogP contribution < -0.4 is 0 Å². The van der Waals surface area contributed by atoms with E-state index in [2.05, 4.69) is 115 Å². The molecule has 8 aromatic rings. The summed E-state index contributed by atoms with van der Waals surface area (Å²) < 4.78 is 0. The number of fused-ring (bicyclic) bond motifs is 3. The highest BCUT2D eigenvalue weighted by Crippen LogP contribution is 2.35. The molecule has 4 nitrogen and oxygen atoms in total. The summed E-state index contributed by atoms with van der Waals surface area (Å²) in [5, 5.41) is 2.18. The second-order valence-electron chi connectivity index (χ2n) is 11.6. The van der Waals surface area contributed by atoms with Crippen molar-refractivity contribution in [1.29, 1.82) is 0 Å².